The molecule has 152 valence electrons. The summed E-state index contributed by atoms with van der Waals surface area (Å²) in [5.41, 5.74) is 0.816. The summed E-state index contributed by atoms with van der Waals surface area (Å²) < 4.78 is 25.2. The molecule has 0 radical (unpaired) electrons. The van der Waals surface area contributed by atoms with Crippen LogP contribution in [0.15, 0.2) is 29.2 Å². The molecule has 1 fully saturated rings. The summed E-state index contributed by atoms with van der Waals surface area (Å²) in [4.78, 5) is 17.3. The van der Waals surface area contributed by atoms with Crippen molar-refractivity contribution in [3.05, 3.63) is 29.8 Å². The fourth-order valence-electron chi connectivity index (χ4n) is 3.60. The van der Waals surface area contributed by atoms with Gasteiger partial charge in [-0.3, -0.25) is 9.63 Å². The number of rotatable bonds is 7. The zero-order valence-electron chi connectivity index (χ0n) is 17.0. The van der Waals surface area contributed by atoms with Gasteiger partial charge in [0.1, 0.15) is 0 Å². The molecule has 0 aromatic heterocycles. The van der Waals surface area contributed by atoms with Crippen LogP contribution in [0.5, 0.6) is 0 Å². The van der Waals surface area contributed by atoms with Gasteiger partial charge in [-0.15, -0.1) is 0 Å². The standard InChI is InChI=1S/C20H32N2O4S/c1-6-20(2,3)16-9-11-17(12-10-16)21-19(23)15-7-13-18(14-8-15)27(24,25)22(4)26-5/h7-8,13-14,16-17H,6,9-12H2,1-5H3,(H,21,23). The first-order valence-corrected chi connectivity index (χ1v) is 11.0. The first-order chi connectivity index (χ1) is 12.6. The number of hydrogen-bond acceptors (Lipinski definition) is 4. The van der Waals surface area contributed by atoms with Crippen LogP contribution in [0.4, 0.5) is 0 Å². The topological polar surface area (TPSA) is 75.7 Å². The van der Waals surface area contributed by atoms with E-state index in [1.165, 1.54) is 44.8 Å². The van der Waals surface area contributed by atoms with Gasteiger partial charge in [0.25, 0.3) is 15.9 Å². The first-order valence-electron chi connectivity index (χ1n) is 9.55. The molecule has 0 bridgehead atoms. The summed E-state index contributed by atoms with van der Waals surface area (Å²) in [6.45, 7) is 6.89. The van der Waals surface area contributed by atoms with Crippen molar-refractivity contribution in [1.29, 1.82) is 0 Å². The fraction of sp³-hybridized carbons (Fsp3) is 0.650. The second-order valence-electron chi connectivity index (χ2n) is 7.99. The molecule has 27 heavy (non-hydrogen) atoms. The molecule has 0 unspecified atom stereocenters. The SMILES string of the molecule is CCC(C)(C)C1CCC(NC(=O)c2ccc(S(=O)(=O)N(C)OC)cc2)CC1. The Morgan fingerprint density at radius 1 is 1.19 bits per heavy atom. The van der Waals surface area contributed by atoms with Crippen molar-refractivity contribution in [3.63, 3.8) is 0 Å². The van der Waals surface area contributed by atoms with E-state index in [0.717, 1.165) is 30.2 Å². The van der Waals surface area contributed by atoms with Crippen molar-refractivity contribution in [2.45, 2.75) is 63.8 Å². The van der Waals surface area contributed by atoms with Gasteiger partial charge in [-0.2, -0.15) is 0 Å². The molecule has 1 amide bonds. The number of hydroxylamine groups is 1. The summed E-state index contributed by atoms with van der Waals surface area (Å²) >= 11 is 0. The zero-order valence-corrected chi connectivity index (χ0v) is 17.8. The number of carbonyl (C=O) groups is 1. The van der Waals surface area contributed by atoms with E-state index < -0.39 is 10.0 Å². The fourth-order valence-corrected chi connectivity index (χ4v) is 4.57. The average molecular weight is 397 g/mol. The second-order valence-corrected chi connectivity index (χ2v) is 9.92. The quantitative estimate of drug-likeness (QED) is 0.715. The highest BCUT2D eigenvalue weighted by Crippen LogP contribution is 2.40. The number of nitrogens with zero attached hydrogens (tertiary/aromatic N) is 1. The molecule has 6 nitrogen and oxygen atoms in total. The van der Waals surface area contributed by atoms with Gasteiger partial charge >= 0.3 is 0 Å². The van der Waals surface area contributed by atoms with Crippen LogP contribution >= 0.6 is 0 Å². The molecule has 1 saturated carbocycles. The van der Waals surface area contributed by atoms with E-state index in [2.05, 4.69) is 26.1 Å². The monoisotopic (exact) mass is 396 g/mol. The van der Waals surface area contributed by atoms with E-state index in [0.29, 0.717) is 16.9 Å². The summed E-state index contributed by atoms with van der Waals surface area (Å²) in [5, 5.41) is 3.09. The summed E-state index contributed by atoms with van der Waals surface area (Å²) in [7, 11) is -1.09. The Hall–Kier alpha value is -1.44. The predicted molar refractivity (Wildman–Crippen MR) is 106 cm³/mol. The van der Waals surface area contributed by atoms with E-state index in [9.17, 15) is 13.2 Å². The first kappa shape index (κ1) is 21.9. The van der Waals surface area contributed by atoms with Crippen molar-refractivity contribution < 1.29 is 18.0 Å². The molecule has 1 aliphatic rings. The number of hydrogen-bond donors (Lipinski definition) is 1. The molecule has 0 heterocycles. The maximum atomic E-state index is 12.5. The van der Waals surface area contributed by atoms with Crippen LogP contribution in [-0.4, -0.2) is 39.0 Å². The highest BCUT2D eigenvalue weighted by atomic mass is 32.2. The molecule has 7 heteroatoms. The van der Waals surface area contributed by atoms with Gasteiger partial charge < -0.3 is 5.32 Å². The Bertz CT molecular complexity index is 736. The third-order valence-electron chi connectivity index (χ3n) is 6.09. The lowest BCUT2D eigenvalue weighted by Crippen LogP contribution is -2.39. The third-order valence-corrected chi connectivity index (χ3v) is 7.78. The molecule has 0 saturated heterocycles. The van der Waals surface area contributed by atoms with Crippen LogP contribution in [0.1, 0.15) is 63.2 Å². The van der Waals surface area contributed by atoms with Gasteiger partial charge in [-0.05, 0) is 61.3 Å². The smallest absolute Gasteiger partial charge is 0.264 e. The molecular weight excluding hydrogens is 364 g/mol. The number of benzene rings is 1. The number of sulfonamides is 1. The van der Waals surface area contributed by atoms with Crippen molar-refractivity contribution >= 4 is 15.9 Å². The Labute approximate surface area is 163 Å². The molecule has 1 aromatic rings. The minimum atomic E-state index is -3.70. The normalized spacial score (nSPS) is 21.3. The average Bonchev–Trinajstić information content (AvgIpc) is 2.67. The summed E-state index contributed by atoms with van der Waals surface area (Å²) in [6, 6.07) is 6.13. The number of amides is 1. The molecule has 0 atom stereocenters. The van der Waals surface area contributed by atoms with Gasteiger partial charge in [0.05, 0.1) is 12.0 Å². The van der Waals surface area contributed by atoms with Crippen molar-refractivity contribution in [2.75, 3.05) is 14.2 Å². The van der Waals surface area contributed by atoms with Crippen LogP contribution in [0.25, 0.3) is 0 Å². The van der Waals surface area contributed by atoms with E-state index in [1.807, 2.05) is 0 Å². The predicted octanol–water partition coefficient (Wildman–Crippen LogP) is 3.59. The van der Waals surface area contributed by atoms with Crippen LogP contribution in [0.2, 0.25) is 0 Å². The summed E-state index contributed by atoms with van der Waals surface area (Å²) in [5.74, 6) is 0.551. The maximum absolute atomic E-state index is 12.5. The minimum absolute atomic E-state index is 0.0886. The van der Waals surface area contributed by atoms with Crippen LogP contribution in [0, 0.1) is 11.3 Å². The van der Waals surface area contributed by atoms with Crippen molar-refractivity contribution in [2.24, 2.45) is 11.3 Å². The maximum Gasteiger partial charge on any atom is 0.264 e. The zero-order chi connectivity index (χ0) is 20.2. The van der Waals surface area contributed by atoms with Gasteiger partial charge in [0.15, 0.2) is 0 Å². The number of nitrogens with one attached hydrogen (secondary N) is 1. The molecular formula is C20H32N2O4S. The second kappa shape index (κ2) is 8.71. The van der Waals surface area contributed by atoms with E-state index >= 15 is 0 Å². The lowest BCUT2D eigenvalue weighted by atomic mass is 9.69. The number of carbonyl (C=O) groups excluding carboxylic acids is 1. The Morgan fingerprint density at radius 3 is 2.22 bits per heavy atom. The van der Waals surface area contributed by atoms with Crippen LogP contribution in [0.3, 0.4) is 0 Å². The van der Waals surface area contributed by atoms with Crippen LogP contribution < -0.4 is 5.32 Å². The third kappa shape index (κ3) is 5.09. The lowest BCUT2D eigenvalue weighted by Gasteiger charge is -2.39. The van der Waals surface area contributed by atoms with Crippen molar-refractivity contribution in [3.8, 4) is 0 Å². The minimum Gasteiger partial charge on any atom is -0.349 e. The van der Waals surface area contributed by atoms with Crippen molar-refractivity contribution in [1.82, 2.24) is 9.79 Å². The highest BCUT2D eigenvalue weighted by molar-refractivity contribution is 7.89. The van der Waals surface area contributed by atoms with Gasteiger partial charge in [-0.25, -0.2) is 8.42 Å². The molecule has 0 spiro atoms. The molecule has 2 rings (SSSR count). The molecule has 1 aromatic carbocycles. The Balaban J connectivity index is 1.96. The molecule has 1 N–H and O–H groups in total. The Kier molecular flexibility index (Phi) is 7.05. The summed E-state index contributed by atoms with van der Waals surface area (Å²) in [6.07, 6.45) is 5.41. The van der Waals surface area contributed by atoms with Crippen LogP contribution in [-0.2, 0) is 14.9 Å². The molecule has 1 aliphatic carbocycles. The molecule has 0 aliphatic heterocycles. The van der Waals surface area contributed by atoms with Gasteiger partial charge in [-0.1, -0.05) is 31.7 Å². The van der Waals surface area contributed by atoms with E-state index in [1.54, 1.807) is 0 Å². The Morgan fingerprint density at radius 2 is 1.74 bits per heavy atom. The van der Waals surface area contributed by atoms with E-state index in [-0.39, 0.29) is 16.8 Å². The largest absolute Gasteiger partial charge is 0.349 e. The lowest BCUT2D eigenvalue weighted by molar-refractivity contribution is -0.0258. The highest BCUT2D eigenvalue weighted by Gasteiger charge is 2.32. The van der Waals surface area contributed by atoms with E-state index in [4.69, 9.17) is 4.84 Å². The van der Waals surface area contributed by atoms with Gasteiger partial charge in [0, 0.05) is 18.7 Å². The van der Waals surface area contributed by atoms with Gasteiger partial charge in [0.2, 0.25) is 0 Å².